The van der Waals surface area contributed by atoms with E-state index < -0.39 is 64.4 Å². The summed E-state index contributed by atoms with van der Waals surface area (Å²) in [6.07, 6.45) is 1.14. The highest BCUT2D eigenvalue weighted by molar-refractivity contribution is 5.82. The molecule has 18 nitrogen and oxygen atoms in total. The van der Waals surface area contributed by atoms with Gasteiger partial charge < -0.3 is 34.3 Å². The lowest BCUT2D eigenvalue weighted by atomic mass is 9.95. The van der Waals surface area contributed by atoms with Gasteiger partial charge in [0.05, 0.1) is 38.3 Å². The predicted octanol–water partition coefficient (Wildman–Crippen LogP) is 8.27. The average Bonchev–Trinajstić information content (AvgIpc) is 1.38. The molecule has 0 bridgehead atoms. The Morgan fingerprint density at radius 3 is 1.69 bits per heavy atom. The summed E-state index contributed by atoms with van der Waals surface area (Å²) >= 11 is 0. The van der Waals surface area contributed by atoms with Crippen LogP contribution in [-0.4, -0.2) is 204 Å². The molecule has 3 aromatic rings. The summed E-state index contributed by atoms with van der Waals surface area (Å²) < 4.78 is 68.9. The van der Waals surface area contributed by atoms with Crippen molar-refractivity contribution < 1.29 is 66.0 Å². The van der Waals surface area contributed by atoms with Crippen LogP contribution in [0.1, 0.15) is 122 Å². The molecule has 86 heavy (non-hydrogen) atoms. The number of carboxylic acid groups (broad SMARTS) is 1. The number of amides is 2. The van der Waals surface area contributed by atoms with Crippen LogP contribution in [0.15, 0.2) is 60.7 Å². The Kier molecular flexibility index (Phi) is 24.8. The number of carbonyl (C=O) groups excluding carboxylic acids is 5. The molecule has 474 valence electrons. The van der Waals surface area contributed by atoms with Gasteiger partial charge in [-0.25, -0.2) is 0 Å². The van der Waals surface area contributed by atoms with Crippen LogP contribution in [0.3, 0.4) is 0 Å². The zero-order valence-electron chi connectivity index (χ0n) is 52.2. The van der Waals surface area contributed by atoms with Crippen molar-refractivity contribution in [2.75, 3.05) is 111 Å². The summed E-state index contributed by atoms with van der Waals surface area (Å²) in [5.74, 6) is -2.92. The largest absolute Gasteiger partial charge is 0.491 e. The minimum absolute atomic E-state index is 0.0146. The fourth-order valence-electron chi connectivity index (χ4n) is 10.9. The molecule has 0 radical (unpaired) electrons. The van der Waals surface area contributed by atoms with Crippen LogP contribution in [0.4, 0.5) is 13.2 Å². The first-order valence-electron chi connectivity index (χ1n) is 30.2. The number of likely N-dealkylation sites (tertiary alicyclic amines) is 2. The highest BCUT2D eigenvalue weighted by Crippen LogP contribution is 2.39. The van der Waals surface area contributed by atoms with Crippen LogP contribution in [0, 0.1) is 12.8 Å². The minimum atomic E-state index is -4.74. The van der Waals surface area contributed by atoms with Crippen LogP contribution in [0.25, 0.3) is 23.3 Å². The molecule has 3 saturated heterocycles. The minimum Gasteiger partial charge on any atom is -0.491 e. The fraction of sp³-hybridized carbons (Fsp3) is 0.600. The van der Waals surface area contributed by atoms with E-state index in [2.05, 4.69) is 5.32 Å². The SMILES string of the molecule is Cc1c(/C=C/c2cc(OCCNC(=O)C3CCN(C(=O)CN4CCN(CC(=O)O)CCN(CC(=O)OC(C)(C)C)CCN(CC(=O)OC(C)(C)C)CC4)CC3)c(CN3CCCC[C@H]3C(=O)OC(C)(C)C)cc2C(F)(F)F)cccc1-c1ccccc1. The van der Waals surface area contributed by atoms with Crippen molar-refractivity contribution >= 4 is 47.8 Å². The van der Waals surface area contributed by atoms with Gasteiger partial charge in [0, 0.05) is 83.5 Å². The second-order valence-electron chi connectivity index (χ2n) is 25.7. The van der Waals surface area contributed by atoms with E-state index in [-0.39, 0.29) is 74.6 Å². The lowest BCUT2D eigenvalue weighted by Crippen LogP contribution is -2.51. The Balaban J connectivity index is 1.12. The Morgan fingerprint density at radius 2 is 1.15 bits per heavy atom. The molecule has 1 atom stereocenters. The molecular formula is C65H92F3N7O11. The molecule has 3 fully saturated rings. The van der Waals surface area contributed by atoms with Gasteiger partial charge in [-0.1, -0.05) is 67.1 Å². The third-order valence-electron chi connectivity index (χ3n) is 15.2. The molecule has 2 N–H and O–H groups in total. The van der Waals surface area contributed by atoms with Gasteiger partial charge in [0.25, 0.3) is 0 Å². The smallest absolute Gasteiger partial charge is 0.417 e. The van der Waals surface area contributed by atoms with Gasteiger partial charge in [0.2, 0.25) is 11.8 Å². The number of nitrogens with zero attached hydrogens (tertiary/aromatic N) is 6. The first kappa shape index (κ1) is 68.7. The number of rotatable bonds is 19. The lowest BCUT2D eigenvalue weighted by Gasteiger charge is -2.36. The zero-order valence-corrected chi connectivity index (χ0v) is 52.2. The standard InChI is InChI=1S/C65H92F3N7O11/c1-46-47(19-16-20-52(46)48-17-12-11-13-18-48)22-23-50-40-55(51(39-53(50)65(66,67)68)41-75-27-15-14-21-54(75)61(82)86-64(8,9)10)83-38-26-69-60(81)49-24-28-74(29-25-49)56(76)42-70-30-32-71(43-57(77)78)33-35-73(45-59(80)85-63(5,6)7)37-36-72(34-31-70)44-58(79)84-62(2,3)4/h11-13,16-20,22-23,39-40,49,54H,14-15,21,24-38,41-45H2,1-10H3,(H,69,81)(H,77,78)/b23-22+/t54-/m0/s1. The van der Waals surface area contributed by atoms with E-state index in [0.717, 1.165) is 41.2 Å². The Hall–Kier alpha value is -6.39. The number of nitrogens with one attached hydrogen (secondary N) is 1. The Morgan fingerprint density at radius 1 is 0.616 bits per heavy atom. The van der Waals surface area contributed by atoms with Crippen molar-refractivity contribution in [2.45, 2.75) is 137 Å². The number of aliphatic carboxylic acids is 1. The van der Waals surface area contributed by atoms with Crippen LogP contribution < -0.4 is 10.1 Å². The first-order chi connectivity index (χ1) is 40.4. The van der Waals surface area contributed by atoms with Crippen LogP contribution in [0.2, 0.25) is 0 Å². The topological polar surface area (TPSA) is 191 Å². The van der Waals surface area contributed by atoms with Gasteiger partial charge in [0.15, 0.2) is 0 Å². The third kappa shape index (κ3) is 22.7. The summed E-state index contributed by atoms with van der Waals surface area (Å²) in [7, 11) is 0. The van der Waals surface area contributed by atoms with E-state index in [1.54, 1.807) is 78.2 Å². The van der Waals surface area contributed by atoms with Gasteiger partial charge in [0.1, 0.15) is 35.2 Å². The maximum Gasteiger partial charge on any atom is 0.417 e. The maximum atomic E-state index is 15.2. The summed E-state index contributed by atoms with van der Waals surface area (Å²) in [5.41, 5.74) is 0.676. The number of carboxylic acids is 1. The molecule has 0 aliphatic carbocycles. The van der Waals surface area contributed by atoms with Crippen LogP contribution >= 0.6 is 0 Å². The number of ether oxygens (including phenoxy) is 4. The molecule has 2 amide bonds. The number of carbonyl (C=O) groups is 6. The van der Waals surface area contributed by atoms with E-state index in [4.69, 9.17) is 18.9 Å². The number of alkyl halides is 3. The fourth-order valence-corrected chi connectivity index (χ4v) is 10.9. The van der Waals surface area contributed by atoms with Crippen molar-refractivity contribution in [3.05, 3.63) is 88.5 Å². The highest BCUT2D eigenvalue weighted by Gasteiger charge is 2.37. The number of hydrogen-bond acceptors (Lipinski definition) is 15. The van der Waals surface area contributed by atoms with Crippen LogP contribution in [0.5, 0.6) is 5.75 Å². The summed E-state index contributed by atoms with van der Waals surface area (Å²) in [5, 5.41) is 12.8. The number of piperidine rings is 2. The number of halogens is 3. The molecule has 0 saturated carbocycles. The Bertz CT molecular complexity index is 2800. The zero-order chi connectivity index (χ0) is 63.0. The Labute approximate surface area is 506 Å². The summed E-state index contributed by atoms with van der Waals surface area (Å²) in [6, 6.07) is 17.3. The van der Waals surface area contributed by atoms with Gasteiger partial charge in [-0.2, -0.15) is 13.2 Å². The molecule has 0 spiro atoms. The van der Waals surface area contributed by atoms with Crippen LogP contribution in [-0.2, 0) is 55.7 Å². The monoisotopic (exact) mass is 1200 g/mol. The van der Waals surface area contributed by atoms with Gasteiger partial charge >= 0.3 is 30.1 Å². The van der Waals surface area contributed by atoms with E-state index in [9.17, 15) is 33.9 Å². The van der Waals surface area contributed by atoms with E-state index >= 15 is 13.2 Å². The van der Waals surface area contributed by atoms with Gasteiger partial charge in [-0.05, 0) is 141 Å². The van der Waals surface area contributed by atoms with E-state index in [1.165, 1.54) is 12.1 Å². The lowest BCUT2D eigenvalue weighted by molar-refractivity contribution is -0.163. The predicted molar refractivity (Wildman–Crippen MR) is 324 cm³/mol. The van der Waals surface area contributed by atoms with Crippen molar-refractivity contribution in [1.29, 1.82) is 0 Å². The first-order valence-corrected chi connectivity index (χ1v) is 30.2. The molecule has 0 aromatic heterocycles. The molecule has 3 aliphatic heterocycles. The molecule has 3 aliphatic rings. The third-order valence-corrected chi connectivity index (χ3v) is 15.2. The van der Waals surface area contributed by atoms with Gasteiger partial charge in [-0.3, -0.25) is 53.3 Å². The summed E-state index contributed by atoms with van der Waals surface area (Å²) in [6.45, 7) is 21.6. The average molecular weight is 1200 g/mol. The molecule has 3 heterocycles. The van der Waals surface area contributed by atoms with Crippen molar-refractivity contribution in [3.8, 4) is 16.9 Å². The van der Waals surface area contributed by atoms with Crippen molar-refractivity contribution in [3.63, 3.8) is 0 Å². The molecule has 0 unspecified atom stereocenters. The normalized spacial score (nSPS) is 18.4. The van der Waals surface area contributed by atoms with Gasteiger partial charge in [-0.15, -0.1) is 0 Å². The van der Waals surface area contributed by atoms with Crippen molar-refractivity contribution in [1.82, 2.24) is 34.7 Å². The second-order valence-corrected chi connectivity index (χ2v) is 25.7. The quantitative estimate of drug-likeness (QED) is 0.0504. The maximum absolute atomic E-state index is 15.2. The molecular weight excluding hydrogens is 1110 g/mol. The summed E-state index contributed by atoms with van der Waals surface area (Å²) in [4.78, 5) is 90.6. The number of benzene rings is 3. The van der Waals surface area contributed by atoms with Crippen molar-refractivity contribution in [2.24, 2.45) is 5.92 Å². The number of hydrogen-bond donors (Lipinski definition) is 2. The molecule has 21 heteroatoms. The second kappa shape index (κ2) is 31.0. The van der Waals surface area contributed by atoms with E-state index in [0.29, 0.717) is 91.3 Å². The highest BCUT2D eigenvalue weighted by atomic mass is 19.4. The number of esters is 3. The molecule has 6 rings (SSSR count). The molecule has 3 aromatic carbocycles. The van der Waals surface area contributed by atoms with E-state index in [1.807, 2.05) is 75.1 Å².